The Hall–Kier alpha value is -2.38. The van der Waals surface area contributed by atoms with Crippen molar-refractivity contribution in [1.29, 1.82) is 0 Å². The summed E-state index contributed by atoms with van der Waals surface area (Å²) in [6.45, 7) is 2.54. The molecular formula is C13H14F3N5. The normalized spacial score (nSPS) is 11.2. The quantitative estimate of drug-likeness (QED) is 0.888. The third kappa shape index (κ3) is 4.30. The zero-order valence-corrected chi connectivity index (χ0v) is 11.3. The van der Waals surface area contributed by atoms with Gasteiger partial charge in [0.25, 0.3) is 0 Å². The molecule has 0 aliphatic heterocycles. The van der Waals surface area contributed by atoms with Gasteiger partial charge in [0, 0.05) is 12.7 Å². The molecule has 0 bridgehead atoms. The highest BCUT2D eigenvalue weighted by Gasteiger charge is 2.31. The van der Waals surface area contributed by atoms with Gasteiger partial charge in [0.15, 0.2) is 0 Å². The summed E-state index contributed by atoms with van der Waals surface area (Å²) in [5, 5.41) is 5.61. The zero-order chi connectivity index (χ0) is 15.3. The number of anilines is 2. The van der Waals surface area contributed by atoms with Crippen LogP contribution in [0.3, 0.4) is 0 Å². The van der Waals surface area contributed by atoms with Gasteiger partial charge in [-0.3, -0.25) is 0 Å². The lowest BCUT2D eigenvalue weighted by atomic mass is 10.2. The van der Waals surface area contributed by atoms with Gasteiger partial charge >= 0.3 is 6.18 Å². The van der Waals surface area contributed by atoms with Gasteiger partial charge < -0.3 is 10.6 Å². The first-order valence-electron chi connectivity index (χ1n) is 6.31. The Morgan fingerprint density at radius 3 is 2.43 bits per heavy atom. The first-order valence-corrected chi connectivity index (χ1v) is 6.31. The predicted octanol–water partition coefficient (Wildman–Crippen LogP) is 2.93. The molecule has 0 saturated heterocycles. The molecule has 0 aromatic carbocycles. The Morgan fingerprint density at radius 1 is 1.14 bits per heavy atom. The second-order valence-electron chi connectivity index (χ2n) is 4.21. The molecule has 2 rings (SSSR count). The van der Waals surface area contributed by atoms with E-state index in [1.807, 2.05) is 0 Å². The lowest BCUT2D eigenvalue weighted by molar-refractivity contribution is -0.137. The molecule has 0 spiro atoms. The van der Waals surface area contributed by atoms with Crippen molar-refractivity contribution in [2.45, 2.75) is 19.6 Å². The Bertz CT molecular complexity index is 586. The van der Waals surface area contributed by atoms with Crippen LogP contribution in [0.15, 0.2) is 30.7 Å². The average Bonchev–Trinajstić information content (AvgIpc) is 2.45. The van der Waals surface area contributed by atoms with E-state index < -0.39 is 11.7 Å². The highest BCUT2D eigenvalue weighted by Crippen LogP contribution is 2.32. The molecule has 2 aromatic rings. The monoisotopic (exact) mass is 297 g/mol. The first kappa shape index (κ1) is 15.0. The molecule has 0 atom stereocenters. The molecule has 5 nitrogen and oxygen atoms in total. The molecule has 0 unspecified atom stereocenters. The van der Waals surface area contributed by atoms with Crippen molar-refractivity contribution >= 4 is 11.6 Å². The second kappa shape index (κ2) is 6.38. The summed E-state index contributed by atoms with van der Waals surface area (Å²) in [7, 11) is 0. The number of hydrogen-bond donors (Lipinski definition) is 2. The van der Waals surface area contributed by atoms with Gasteiger partial charge in [0.2, 0.25) is 0 Å². The maximum absolute atomic E-state index is 12.8. The second-order valence-corrected chi connectivity index (χ2v) is 4.21. The largest absolute Gasteiger partial charge is 0.416 e. The average molecular weight is 297 g/mol. The highest BCUT2D eigenvalue weighted by atomic mass is 19.4. The van der Waals surface area contributed by atoms with Gasteiger partial charge in [-0.2, -0.15) is 13.2 Å². The minimum absolute atomic E-state index is 0.138. The number of nitrogens with zero attached hydrogens (tertiary/aromatic N) is 3. The Labute approximate surface area is 119 Å². The van der Waals surface area contributed by atoms with Gasteiger partial charge in [-0.15, -0.1) is 0 Å². The van der Waals surface area contributed by atoms with E-state index in [1.165, 1.54) is 6.33 Å². The Balaban J connectivity index is 2.19. The van der Waals surface area contributed by atoms with Crippen LogP contribution < -0.4 is 10.6 Å². The maximum Gasteiger partial charge on any atom is 0.416 e. The lowest BCUT2D eigenvalue weighted by Gasteiger charge is -2.13. The van der Waals surface area contributed by atoms with Gasteiger partial charge in [-0.05, 0) is 25.1 Å². The molecule has 2 N–H and O–H groups in total. The van der Waals surface area contributed by atoms with Crippen LogP contribution in [0.25, 0.3) is 0 Å². The van der Waals surface area contributed by atoms with E-state index in [1.54, 1.807) is 19.2 Å². The molecule has 0 saturated carbocycles. The minimum atomic E-state index is -4.42. The van der Waals surface area contributed by atoms with Crippen molar-refractivity contribution in [3.8, 4) is 0 Å². The third-order valence-electron chi connectivity index (χ3n) is 2.60. The van der Waals surface area contributed by atoms with Gasteiger partial charge in [0.1, 0.15) is 18.0 Å². The lowest BCUT2D eigenvalue weighted by Crippen LogP contribution is -2.11. The van der Waals surface area contributed by atoms with Crippen LogP contribution in [0, 0.1) is 0 Å². The molecule has 21 heavy (non-hydrogen) atoms. The minimum Gasteiger partial charge on any atom is -0.370 e. The first-order chi connectivity index (χ1) is 9.99. The van der Waals surface area contributed by atoms with E-state index in [9.17, 15) is 13.2 Å². The number of alkyl halides is 3. The molecule has 0 amide bonds. The van der Waals surface area contributed by atoms with Crippen molar-refractivity contribution in [2.75, 3.05) is 17.2 Å². The molecule has 0 fully saturated rings. The summed E-state index contributed by atoms with van der Waals surface area (Å²) in [4.78, 5) is 11.8. The molecule has 0 aliphatic carbocycles. The fraction of sp³-hybridized carbons (Fsp3) is 0.308. The van der Waals surface area contributed by atoms with Gasteiger partial charge in [0.05, 0.1) is 17.8 Å². The van der Waals surface area contributed by atoms with Crippen LogP contribution in [0.1, 0.15) is 18.2 Å². The van der Waals surface area contributed by atoms with E-state index >= 15 is 0 Å². The van der Waals surface area contributed by atoms with E-state index in [0.717, 1.165) is 12.1 Å². The van der Waals surface area contributed by atoms with Crippen molar-refractivity contribution in [3.05, 3.63) is 42.0 Å². The number of nitrogens with one attached hydrogen (secondary N) is 2. The van der Waals surface area contributed by atoms with Crippen molar-refractivity contribution < 1.29 is 13.2 Å². The van der Waals surface area contributed by atoms with Crippen LogP contribution in [-0.2, 0) is 12.7 Å². The molecule has 2 heterocycles. The summed E-state index contributed by atoms with van der Waals surface area (Å²) in [5.41, 5.74) is -0.0900. The van der Waals surface area contributed by atoms with E-state index in [-0.39, 0.29) is 18.2 Å². The molecule has 8 heteroatoms. The molecule has 0 aliphatic rings. The van der Waals surface area contributed by atoms with E-state index in [0.29, 0.717) is 12.2 Å². The van der Waals surface area contributed by atoms with Gasteiger partial charge in [-0.25, -0.2) is 15.0 Å². The number of pyridine rings is 1. The van der Waals surface area contributed by atoms with E-state index in [2.05, 4.69) is 25.6 Å². The Kier molecular flexibility index (Phi) is 4.56. The fourth-order valence-electron chi connectivity index (χ4n) is 1.66. The number of halogens is 3. The van der Waals surface area contributed by atoms with Crippen molar-refractivity contribution in [1.82, 2.24) is 15.0 Å². The van der Waals surface area contributed by atoms with Crippen molar-refractivity contribution in [3.63, 3.8) is 0 Å². The molecule has 0 radical (unpaired) electrons. The van der Waals surface area contributed by atoms with Crippen molar-refractivity contribution in [2.24, 2.45) is 0 Å². The fourth-order valence-corrected chi connectivity index (χ4v) is 1.66. The summed E-state index contributed by atoms with van der Waals surface area (Å²) >= 11 is 0. The third-order valence-corrected chi connectivity index (χ3v) is 2.60. The summed E-state index contributed by atoms with van der Waals surface area (Å²) < 4.78 is 38.5. The Morgan fingerprint density at radius 2 is 1.86 bits per heavy atom. The zero-order valence-electron chi connectivity index (χ0n) is 11.3. The predicted molar refractivity (Wildman–Crippen MR) is 72.8 cm³/mol. The van der Waals surface area contributed by atoms with Crippen LogP contribution >= 0.6 is 0 Å². The van der Waals surface area contributed by atoms with Crippen LogP contribution in [-0.4, -0.2) is 21.5 Å². The topological polar surface area (TPSA) is 62.7 Å². The van der Waals surface area contributed by atoms with Crippen LogP contribution in [0.4, 0.5) is 24.8 Å². The van der Waals surface area contributed by atoms with E-state index in [4.69, 9.17) is 0 Å². The van der Waals surface area contributed by atoms with Gasteiger partial charge in [-0.1, -0.05) is 0 Å². The number of aromatic nitrogens is 3. The van der Waals surface area contributed by atoms with Crippen LogP contribution in [0.5, 0.6) is 0 Å². The molecule has 2 aromatic heterocycles. The van der Waals surface area contributed by atoms with Crippen LogP contribution in [0.2, 0.25) is 0 Å². The summed E-state index contributed by atoms with van der Waals surface area (Å²) in [6, 6.07) is 3.63. The SMILES string of the molecule is CCNc1cc(C(F)(F)F)cc(NCc2ccncn2)n1. The maximum atomic E-state index is 12.8. The summed E-state index contributed by atoms with van der Waals surface area (Å²) in [6.07, 6.45) is -1.48. The highest BCUT2D eigenvalue weighted by molar-refractivity contribution is 5.49. The smallest absolute Gasteiger partial charge is 0.370 e. The standard InChI is InChI=1S/C13H14F3N5/c1-2-18-11-5-9(13(14,15)16)6-12(21-11)19-7-10-3-4-17-8-20-10/h3-6,8H,2,7H2,1H3,(H2,18,19,21). The molecule has 112 valence electrons. The summed E-state index contributed by atoms with van der Waals surface area (Å²) in [5.74, 6) is 0.317. The number of rotatable bonds is 5. The number of hydrogen-bond acceptors (Lipinski definition) is 5. The molecular weight excluding hydrogens is 283 g/mol.